The maximum Gasteiger partial charge on any atom is 0.194 e. The molecule has 2 heterocycles. The zero-order valence-electron chi connectivity index (χ0n) is 10.8. The van der Waals surface area contributed by atoms with E-state index >= 15 is 0 Å². The topological polar surface area (TPSA) is 43.3 Å². The molecule has 0 amide bonds. The molecular formula is C14H14ClN3S. The molecule has 2 aromatic heterocycles. The van der Waals surface area contributed by atoms with Crippen molar-refractivity contribution in [3.8, 4) is 11.3 Å². The number of nitrogens with two attached hydrogens (primary N) is 1. The smallest absolute Gasteiger partial charge is 0.194 e. The first kappa shape index (κ1) is 12.7. The fraction of sp³-hybridized carbons (Fsp3) is 0.214. The zero-order chi connectivity index (χ0) is 13.6. The summed E-state index contributed by atoms with van der Waals surface area (Å²) in [4.78, 5) is 7.00. The second-order valence-corrected chi connectivity index (χ2v) is 6.10. The van der Waals surface area contributed by atoms with Crippen molar-refractivity contribution in [2.75, 3.05) is 0 Å². The molecule has 1 aromatic carbocycles. The monoisotopic (exact) mass is 291 g/mol. The van der Waals surface area contributed by atoms with E-state index in [-0.39, 0.29) is 0 Å². The minimum Gasteiger partial charge on any atom is -0.325 e. The van der Waals surface area contributed by atoms with Crippen LogP contribution in [-0.4, -0.2) is 9.38 Å². The van der Waals surface area contributed by atoms with Gasteiger partial charge >= 0.3 is 0 Å². The fourth-order valence-corrected chi connectivity index (χ4v) is 3.36. The second-order valence-electron chi connectivity index (χ2n) is 4.48. The first-order chi connectivity index (χ1) is 9.11. The van der Waals surface area contributed by atoms with Gasteiger partial charge in [-0.3, -0.25) is 4.40 Å². The Morgan fingerprint density at radius 2 is 1.95 bits per heavy atom. The number of fused-ring (bicyclic) bond motifs is 1. The molecule has 3 rings (SSSR count). The molecule has 0 spiro atoms. The van der Waals surface area contributed by atoms with Crippen molar-refractivity contribution in [1.29, 1.82) is 0 Å². The van der Waals surface area contributed by atoms with Gasteiger partial charge in [-0.1, -0.05) is 23.7 Å². The van der Waals surface area contributed by atoms with Gasteiger partial charge in [-0.25, -0.2) is 4.98 Å². The van der Waals surface area contributed by atoms with Crippen molar-refractivity contribution in [2.45, 2.75) is 20.4 Å². The van der Waals surface area contributed by atoms with E-state index < -0.39 is 0 Å². The van der Waals surface area contributed by atoms with E-state index in [2.05, 4.69) is 18.2 Å². The number of hydrogen-bond donors (Lipinski definition) is 1. The number of benzene rings is 1. The number of aryl methyl sites for hydroxylation is 2. The van der Waals surface area contributed by atoms with Crippen molar-refractivity contribution in [1.82, 2.24) is 9.38 Å². The van der Waals surface area contributed by atoms with Crippen molar-refractivity contribution < 1.29 is 0 Å². The summed E-state index contributed by atoms with van der Waals surface area (Å²) in [6.07, 6.45) is 0. The third-order valence-electron chi connectivity index (χ3n) is 3.34. The molecule has 0 aliphatic rings. The Hall–Kier alpha value is -1.36. The summed E-state index contributed by atoms with van der Waals surface area (Å²) < 4.78 is 2.16. The van der Waals surface area contributed by atoms with E-state index in [0.717, 1.165) is 26.9 Å². The molecule has 0 bridgehead atoms. The lowest BCUT2D eigenvalue weighted by Gasteiger charge is -2.03. The number of aromatic nitrogens is 2. The van der Waals surface area contributed by atoms with E-state index in [9.17, 15) is 0 Å². The highest BCUT2D eigenvalue weighted by atomic mass is 35.5. The highest BCUT2D eigenvalue weighted by Crippen LogP contribution is 2.30. The number of imidazole rings is 1. The molecule has 0 aliphatic carbocycles. The maximum absolute atomic E-state index is 5.93. The molecule has 0 saturated carbocycles. The number of nitrogens with zero attached hydrogens (tertiary/aromatic N) is 2. The van der Waals surface area contributed by atoms with Gasteiger partial charge in [0.25, 0.3) is 0 Å². The van der Waals surface area contributed by atoms with E-state index in [1.54, 1.807) is 11.3 Å². The third-order valence-corrected chi connectivity index (χ3v) is 4.65. The minimum absolute atomic E-state index is 0.468. The van der Waals surface area contributed by atoms with Gasteiger partial charge in [-0.2, -0.15) is 0 Å². The van der Waals surface area contributed by atoms with Crippen LogP contribution >= 0.6 is 22.9 Å². The Labute approximate surface area is 120 Å². The summed E-state index contributed by atoms with van der Waals surface area (Å²) in [6, 6.07) is 7.72. The van der Waals surface area contributed by atoms with E-state index in [1.807, 2.05) is 24.3 Å². The SMILES string of the molecule is Cc1sc2nc(-c3ccc(Cl)cc3)c(CN)n2c1C. The largest absolute Gasteiger partial charge is 0.325 e. The van der Waals surface area contributed by atoms with Crippen LogP contribution in [0.25, 0.3) is 16.2 Å². The summed E-state index contributed by atoms with van der Waals surface area (Å²) in [5, 5.41) is 0.728. The van der Waals surface area contributed by atoms with E-state index in [1.165, 1.54) is 10.6 Å². The van der Waals surface area contributed by atoms with Gasteiger partial charge in [0.05, 0.1) is 11.4 Å². The van der Waals surface area contributed by atoms with Crippen LogP contribution in [-0.2, 0) is 6.54 Å². The van der Waals surface area contributed by atoms with Crippen molar-refractivity contribution in [3.05, 3.63) is 45.6 Å². The summed E-state index contributed by atoms with van der Waals surface area (Å²) in [6.45, 7) is 4.68. The van der Waals surface area contributed by atoms with Crippen molar-refractivity contribution in [2.24, 2.45) is 5.73 Å². The van der Waals surface area contributed by atoms with Crippen LogP contribution in [0, 0.1) is 13.8 Å². The lowest BCUT2D eigenvalue weighted by atomic mass is 10.1. The minimum atomic E-state index is 0.468. The fourth-order valence-electron chi connectivity index (χ4n) is 2.24. The van der Waals surface area contributed by atoms with Crippen LogP contribution in [0.5, 0.6) is 0 Å². The molecule has 19 heavy (non-hydrogen) atoms. The van der Waals surface area contributed by atoms with Crippen LogP contribution in [0.2, 0.25) is 5.02 Å². The Balaban J connectivity index is 2.27. The standard InChI is InChI=1S/C14H14ClN3S/c1-8-9(2)19-14-17-13(12(7-16)18(8)14)10-3-5-11(15)6-4-10/h3-6H,7,16H2,1-2H3. The van der Waals surface area contributed by atoms with Gasteiger partial charge in [-0.05, 0) is 26.0 Å². The van der Waals surface area contributed by atoms with Gasteiger partial charge in [0.2, 0.25) is 0 Å². The Kier molecular flexibility index (Phi) is 3.09. The molecular weight excluding hydrogens is 278 g/mol. The van der Waals surface area contributed by atoms with Crippen LogP contribution < -0.4 is 5.73 Å². The molecule has 0 radical (unpaired) electrons. The molecule has 0 fully saturated rings. The highest BCUT2D eigenvalue weighted by molar-refractivity contribution is 7.17. The van der Waals surface area contributed by atoms with Gasteiger partial charge in [0.1, 0.15) is 0 Å². The molecule has 0 aliphatic heterocycles. The quantitative estimate of drug-likeness (QED) is 0.780. The molecule has 5 heteroatoms. The highest BCUT2D eigenvalue weighted by Gasteiger charge is 2.17. The van der Waals surface area contributed by atoms with Crippen LogP contribution in [0.1, 0.15) is 16.3 Å². The van der Waals surface area contributed by atoms with Crippen LogP contribution in [0.3, 0.4) is 0 Å². The Morgan fingerprint density at radius 1 is 1.26 bits per heavy atom. The number of thiazole rings is 1. The maximum atomic E-state index is 5.93. The molecule has 3 nitrogen and oxygen atoms in total. The van der Waals surface area contributed by atoms with Crippen molar-refractivity contribution >= 4 is 27.9 Å². The van der Waals surface area contributed by atoms with Gasteiger partial charge < -0.3 is 5.73 Å². The molecule has 0 saturated heterocycles. The summed E-state index contributed by atoms with van der Waals surface area (Å²) in [5.74, 6) is 0. The predicted octanol–water partition coefficient (Wildman–Crippen LogP) is 3.79. The normalized spacial score (nSPS) is 11.4. The van der Waals surface area contributed by atoms with E-state index in [4.69, 9.17) is 22.3 Å². The summed E-state index contributed by atoms with van der Waals surface area (Å²) in [5.41, 5.74) is 10.2. The molecule has 3 aromatic rings. The average Bonchev–Trinajstić information content (AvgIpc) is 2.88. The Morgan fingerprint density at radius 3 is 2.58 bits per heavy atom. The van der Waals surface area contributed by atoms with Crippen LogP contribution in [0.15, 0.2) is 24.3 Å². The molecule has 0 atom stereocenters. The summed E-state index contributed by atoms with van der Waals surface area (Å²) >= 11 is 7.63. The lowest BCUT2D eigenvalue weighted by Crippen LogP contribution is -2.03. The average molecular weight is 292 g/mol. The molecule has 0 unspecified atom stereocenters. The van der Waals surface area contributed by atoms with E-state index in [0.29, 0.717) is 6.54 Å². The number of halogens is 1. The van der Waals surface area contributed by atoms with Gasteiger partial charge in [-0.15, -0.1) is 11.3 Å². The molecule has 98 valence electrons. The summed E-state index contributed by atoms with van der Waals surface area (Å²) in [7, 11) is 0. The van der Waals surface area contributed by atoms with Crippen molar-refractivity contribution in [3.63, 3.8) is 0 Å². The van der Waals surface area contributed by atoms with Gasteiger partial charge in [0, 0.05) is 27.7 Å². The van der Waals surface area contributed by atoms with Gasteiger partial charge in [0.15, 0.2) is 4.96 Å². The number of hydrogen-bond acceptors (Lipinski definition) is 3. The number of rotatable bonds is 2. The molecule has 2 N–H and O–H groups in total. The zero-order valence-corrected chi connectivity index (χ0v) is 12.3. The lowest BCUT2D eigenvalue weighted by molar-refractivity contribution is 0.941. The second kappa shape index (κ2) is 4.63. The third kappa shape index (κ3) is 1.96. The predicted molar refractivity (Wildman–Crippen MR) is 80.9 cm³/mol. The first-order valence-electron chi connectivity index (χ1n) is 6.05. The Bertz CT molecular complexity index is 740. The first-order valence-corrected chi connectivity index (χ1v) is 7.24. The van der Waals surface area contributed by atoms with Crippen LogP contribution in [0.4, 0.5) is 0 Å².